The average molecular weight is 612 g/mol. The van der Waals surface area contributed by atoms with Gasteiger partial charge >= 0.3 is 12.2 Å². The van der Waals surface area contributed by atoms with Gasteiger partial charge in [0, 0.05) is 32.6 Å². The first-order valence-electron chi connectivity index (χ1n) is 14.7. The summed E-state index contributed by atoms with van der Waals surface area (Å²) >= 11 is 0. The summed E-state index contributed by atoms with van der Waals surface area (Å²) in [7, 11) is 0. The lowest BCUT2D eigenvalue weighted by molar-refractivity contribution is -0.138. The number of morpholine rings is 1. The number of rotatable bonds is 11. The summed E-state index contributed by atoms with van der Waals surface area (Å²) in [6, 6.07) is 11.2. The number of urea groups is 1. The van der Waals surface area contributed by atoms with E-state index < -0.39 is 35.8 Å². The molecule has 0 spiro atoms. The number of ether oxygens (including phenoxy) is 1. The van der Waals surface area contributed by atoms with Crippen molar-refractivity contribution in [3.05, 3.63) is 95.2 Å². The van der Waals surface area contributed by atoms with Crippen LogP contribution in [0.2, 0.25) is 0 Å². The first-order valence-corrected chi connectivity index (χ1v) is 14.7. The average Bonchev–Trinajstić information content (AvgIpc) is 3.36. The Bertz CT molecular complexity index is 1410. The van der Waals surface area contributed by atoms with Crippen LogP contribution in [0.1, 0.15) is 29.2 Å². The fourth-order valence-electron chi connectivity index (χ4n) is 5.97. The van der Waals surface area contributed by atoms with E-state index in [0.717, 1.165) is 31.3 Å². The number of hydrogen-bond acceptors (Lipinski definition) is 5. The van der Waals surface area contributed by atoms with Gasteiger partial charge in [0.25, 0.3) is 5.91 Å². The first-order chi connectivity index (χ1) is 21.2. The van der Waals surface area contributed by atoms with Crippen molar-refractivity contribution in [1.29, 1.82) is 0 Å². The number of alkyl halides is 3. The highest BCUT2D eigenvalue weighted by molar-refractivity contribution is 6.03. The number of halogens is 3. The van der Waals surface area contributed by atoms with Gasteiger partial charge in [-0.3, -0.25) is 19.4 Å². The number of hydrogen-bond donors (Lipinski definition) is 2. The summed E-state index contributed by atoms with van der Waals surface area (Å²) in [5.41, 5.74) is -0.0872. The molecule has 0 unspecified atom stereocenters. The predicted octanol–water partition coefficient (Wildman–Crippen LogP) is 3.50. The molecule has 3 aliphatic heterocycles. The minimum Gasteiger partial charge on any atom is -0.379 e. The molecule has 9 nitrogen and oxygen atoms in total. The molecule has 44 heavy (non-hydrogen) atoms. The molecule has 0 radical (unpaired) electrons. The van der Waals surface area contributed by atoms with Crippen LogP contribution in [0.5, 0.6) is 0 Å². The molecule has 5 rings (SSSR count). The second-order valence-corrected chi connectivity index (χ2v) is 11.0. The zero-order chi connectivity index (χ0) is 31.3. The molecule has 2 N–H and O–H groups in total. The van der Waals surface area contributed by atoms with Crippen molar-refractivity contribution < 1.29 is 32.3 Å². The second kappa shape index (κ2) is 13.6. The van der Waals surface area contributed by atoms with Gasteiger partial charge in [-0.25, -0.2) is 4.79 Å². The Kier molecular flexibility index (Phi) is 9.70. The van der Waals surface area contributed by atoms with E-state index in [1.54, 1.807) is 0 Å². The van der Waals surface area contributed by atoms with E-state index in [4.69, 9.17) is 4.74 Å². The van der Waals surface area contributed by atoms with Crippen molar-refractivity contribution in [3.63, 3.8) is 0 Å². The summed E-state index contributed by atoms with van der Waals surface area (Å²) in [4.78, 5) is 46.1. The molecule has 3 aliphatic rings. The van der Waals surface area contributed by atoms with Crippen LogP contribution >= 0.6 is 0 Å². The van der Waals surface area contributed by atoms with Crippen molar-refractivity contribution in [3.8, 4) is 0 Å². The van der Waals surface area contributed by atoms with Gasteiger partial charge in [-0.05, 0) is 30.2 Å². The Morgan fingerprint density at radius 2 is 1.80 bits per heavy atom. The summed E-state index contributed by atoms with van der Waals surface area (Å²) in [5, 5.41) is 5.58. The number of carbonyl (C=O) groups excluding carboxylic acids is 3. The van der Waals surface area contributed by atoms with Gasteiger partial charge in [0.05, 0.1) is 42.6 Å². The van der Waals surface area contributed by atoms with Crippen molar-refractivity contribution in [2.45, 2.75) is 31.1 Å². The molecule has 0 bridgehead atoms. The monoisotopic (exact) mass is 611 g/mol. The highest BCUT2D eigenvalue weighted by atomic mass is 19.4. The van der Waals surface area contributed by atoms with Crippen LogP contribution in [-0.2, 0) is 26.9 Å². The van der Waals surface area contributed by atoms with Gasteiger partial charge in [-0.1, -0.05) is 54.6 Å². The standard InChI is InChI=1S/C32H36F3N5O4/c1-2-14-39-26-21-40(30(42)27(26)28(37-31(39)43)23-11-6-7-12-24(23)32(33,34)35)25(20-22-9-4-3-5-10-22)29(41)36-13-8-15-38-16-18-44-19-17-38/h2-7,9-12,25,28H,1,8,13-21H2,(H,36,41)(H,37,43)/t25-,28-/m0/s1. The zero-order valence-electron chi connectivity index (χ0n) is 24.3. The quantitative estimate of drug-likeness (QED) is 0.300. The van der Waals surface area contributed by atoms with Crippen molar-refractivity contribution in [1.82, 2.24) is 25.3 Å². The summed E-state index contributed by atoms with van der Waals surface area (Å²) in [6.07, 6.45) is -2.34. The Hall–Kier alpha value is -4.16. The number of benzene rings is 2. The fourth-order valence-corrected chi connectivity index (χ4v) is 5.97. The predicted molar refractivity (Wildman–Crippen MR) is 157 cm³/mol. The maximum atomic E-state index is 14.2. The summed E-state index contributed by atoms with van der Waals surface area (Å²) in [5.74, 6) is -0.966. The third-order valence-electron chi connectivity index (χ3n) is 8.14. The van der Waals surface area contributed by atoms with Crippen LogP contribution in [0, 0.1) is 0 Å². The van der Waals surface area contributed by atoms with Crippen LogP contribution in [0.25, 0.3) is 0 Å². The van der Waals surface area contributed by atoms with E-state index in [1.807, 2.05) is 30.3 Å². The number of carbonyl (C=O) groups is 3. The van der Waals surface area contributed by atoms with Crippen LogP contribution < -0.4 is 10.6 Å². The molecule has 12 heteroatoms. The Morgan fingerprint density at radius 3 is 2.50 bits per heavy atom. The maximum absolute atomic E-state index is 14.2. The van der Waals surface area contributed by atoms with E-state index >= 15 is 0 Å². The van der Waals surface area contributed by atoms with Gasteiger partial charge in [-0.2, -0.15) is 13.2 Å². The number of nitrogens with one attached hydrogen (secondary N) is 2. The minimum absolute atomic E-state index is 0.0151. The fraction of sp³-hybridized carbons (Fsp3) is 0.406. The Morgan fingerprint density at radius 1 is 1.09 bits per heavy atom. The molecule has 2 aromatic rings. The third kappa shape index (κ3) is 6.81. The van der Waals surface area contributed by atoms with Gasteiger partial charge in [0.2, 0.25) is 5.91 Å². The van der Waals surface area contributed by atoms with E-state index in [0.29, 0.717) is 26.2 Å². The molecular formula is C32H36F3N5O4. The molecule has 2 aromatic carbocycles. The summed E-state index contributed by atoms with van der Waals surface area (Å²) in [6.45, 7) is 7.81. The van der Waals surface area contributed by atoms with E-state index in [1.165, 1.54) is 34.1 Å². The lowest BCUT2D eigenvalue weighted by Gasteiger charge is -2.33. The highest BCUT2D eigenvalue weighted by Gasteiger charge is 2.48. The minimum atomic E-state index is -4.71. The van der Waals surface area contributed by atoms with Crippen LogP contribution in [-0.4, -0.2) is 91.1 Å². The molecule has 0 aromatic heterocycles. The topological polar surface area (TPSA) is 94.2 Å². The van der Waals surface area contributed by atoms with Gasteiger partial charge in [0.15, 0.2) is 0 Å². The number of nitrogens with zero attached hydrogens (tertiary/aromatic N) is 3. The van der Waals surface area contributed by atoms with Gasteiger partial charge in [0.1, 0.15) is 6.04 Å². The van der Waals surface area contributed by atoms with Gasteiger partial charge < -0.3 is 20.3 Å². The molecular weight excluding hydrogens is 575 g/mol. The molecule has 1 saturated heterocycles. The van der Waals surface area contributed by atoms with E-state index in [-0.39, 0.29) is 42.3 Å². The second-order valence-electron chi connectivity index (χ2n) is 11.0. The maximum Gasteiger partial charge on any atom is 0.416 e. The van der Waals surface area contributed by atoms with Crippen molar-refractivity contribution >= 4 is 17.8 Å². The SMILES string of the molecule is C=CCN1C(=O)N[C@@H](c2ccccc2C(F)(F)F)C2=C1CN([C@@H](Cc1ccccc1)C(=O)NCCCN1CCOCC1)C2=O. The van der Waals surface area contributed by atoms with Crippen LogP contribution in [0.4, 0.5) is 18.0 Å². The molecule has 234 valence electrons. The van der Waals surface area contributed by atoms with Gasteiger partial charge in [-0.15, -0.1) is 6.58 Å². The molecule has 0 saturated carbocycles. The molecule has 2 atom stereocenters. The first kappa shape index (κ1) is 31.3. The molecule has 0 aliphatic carbocycles. The zero-order valence-corrected chi connectivity index (χ0v) is 24.3. The lowest BCUT2D eigenvalue weighted by atomic mass is 9.91. The molecule has 4 amide bonds. The molecule has 3 heterocycles. The molecule has 1 fully saturated rings. The smallest absolute Gasteiger partial charge is 0.379 e. The lowest BCUT2D eigenvalue weighted by Crippen LogP contribution is -2.50. The number of amides is 4. The van der Waals surface area contributed by atoms with Crippen LogP contribution in [0.3, 0.4) is 0 Å². The third-order valence-corrected chi connectivity index (χ3v) is 8.14. The van der Waals surface area contributed by atoms with Crippen molar-refractivity contribution in [2.75, 3.05) is 52.5 Å². The summed E-state index contributed by atoms with van der Waals surface area (Å²) < 4.78 is 47.5. The van der Waals surface area contributed by atoms with Crippen LogP contribution in [0.15, 0.2) is 78.5 Å². The Labute approximate surface area is 254 Å². The van der Waals surface area contributed by atoms with E-state index in [9.17, 15) is 27.6 Å². The largest absolute Gasteiger partial charge is 0.416 e. The normalized spacial score (nSPS) is 19.9. The Balaban J connectivity index is 1.43. The van der Waals surface area contributed by atoms with E-state index in [2.05, 4.69) is 22.1 Å². The highest BCUT2D eigenvalue weighted by Crippen LogP contribution is 2.42. The van der Waals surface area contributed by atoms with Crippen molar-refractivity contribution in [2.24, 2.45) is 0 Å².